The molecule has 0 spiro atoms. The van der Waals surface area contributed by atoms with Crippen molar-refractivity contribution < 1.29 is 9.53 Å². The number of nitrogens with one attached hydrogen (secondary N) is 1. The second-order valence-corrected chi connectivity index (χ2v) is 4.53. The summed E-state index contributed by atoms with van der Waals surface area (Å²) in [6.07, 6.45) is -0.00670. The second-order valence-electron chi connectivity index (χ2n) is 4.16. The molecule has 0 radical (unpaired) electrons. The molecule has 13 heavy (non-hydrogen) atoms. The molecule has 0 rings (SSSR count). The molecule has 0 fully saturated rings. The van der Waals surface area contributed by atoms with Crippen molar-refractivity contribution in [1.29, 1.82) is 0 Å². The molecule has 0 aromatic heterocycles. The number of hydrogen-bond acceptors (Lipinski definition) is 3. The average molecular weight is 203 g/mol. The van der Waals surface area contributed by atoms with Crippen LogP contribution in [0.15, 0.2) is 0 Å². The lowest BCUT2D eigenvalue weighted by Gasteiger charge is -2.18. The van der Waals surface area contributed by atoms with E-state index in [0.717, 1.165) is 0 Å². The van der Waals surface area contributed by atoms with E-state index in [1.54, 1.807) is 0 Å². The highest BCUT2D eigenvalue weighted by atomic mass is 32.1. The van der Waals surface area contributed by atoms with E-state index < -0.39 is 5.41 Å². The summed E-state index contributed by atoms with van der Waals surface area (Å²) in [5, 5.41) is 2.67. The van der Waals surface area contributed by atoms with Crippen LogP contribution < -0.4 is 5.32 Å². The Kier molecular flexibility index (Phi) is 4.33. The van der Waals surface area contributed by atoms with Crippen molar-refractivity contribution >= 4 is 23.3 Å². The van der Waals surface area contributed by atoms with Crippen LogP contribution in [0.1, 0.15) is 34.6 Å². The summed E-state index contributed by atoms with van der Waals surface area (Å²) < 4.78 is 5.12. The van der Waals surface area contributed by atoms with Gasteiger partial charge in [-0.1, -0.05) is 20.8 Å². The first-order valence-corrected chi connectivity index (χ1v) is 4.66. The third-order valence-electron chi connectivity index (χ3n) is 1.24. The fourth-order valence-electron chi connectivity index (χ4n) is 0.524. The Balaban J connectivity index is 4.01. The highest BCUT2D eigenvalue weighted by Gasteiger charge is 2.22. The molecule has 0 heterocycles. The maximum atomic E-state index is 11.4. The lowest BCUT2D eigenvalue weighted by Crippen LogP contribution is -2.39. The molecule has 0 aliphatic carbocycles. The number of amides is 1. The van der Waals surface area contributed by atoms with E-state index >= 15 is 0 Å². The summed E-state index contributed by atoms with van der Waals surface area (Å²) in [6, 6.07) is 0. The van der Waals surface area contributed by atoms with Crippen molar-refractivity contribution in [2.75, 3.05) is 0 Å². The molecule has 0 bridgehead atoms. The molecule has 0 aromatic carbocycles. The maximum Gasteiger partial charge on any atom is 0.263 e. The number of hydrogen-bond donors (Lipinski definition) is 1. The molecule has 0 unspecified atom stereocenters. The first-order chi connectivity index (χ1) is 5.73. The molecule has 0 saturated carbocycles. The van der Waals surface area contributed by atoms with Gasteiger partial charge in [-0.25, -0.2) is 0 Å². The van der Waals surface area contributed by atoms with Crippen LogP contribution in [0.5, 0.6) is 0 Å². The predicted octanol–water partition coefficient (Wildman–Crippen LogP) is 1.86. The van der Waals surface area contributed by atoms with E-state index in [2.05, 4.69) is 5.32 Å². The zero-order valence-electron chi connectivity index (χ0n) is 8.80. The van der Waals surface area contributed by atoms with E-state index in [1.165, 1.54) is 0 Å². The average Bonchev–Trinajstić information content (AvgIpc) is 1.82. The summed E-state index contributed by atoms with van der Waals surface area (Å²) in [6.45, 7) is 9.17. The van der Waals surface area contributed by atoms with Crippen LogP contribution in [0.3, 0.4) is 0 Å². The minimum Gasteiger partial charge on any atom is -0.468 e. The van der Waals surface area contributed by atoms with Gasteiger partial charge in [-0.15, -0.1) is 0 Å². The van der Waals surface area contributed by atoms with Crippen molar-refractivity contribution in [2.24, 2.45) is 5.41 Å². The van der Waals surface area contributed by atoms with Crippen molar-refractivity contribution in [3.63, 3.8) is 0 Å². The fourth-order valence-corrected chi connectivity index (χ4v) is 0.809. The topological polar surface area (TPSA) is 38.3 Å². The monoisotopic (exact) mass is 203 g/mol. The summed E-state index contributed by atoms with van der Waals surface area (Å²) >= 11 is 4.82. The Labute approximate surface area is 84.8 Å². The SMILES string of the molecule is CC(C)OC(=S)NC(=O)C(C)(C)C. The van der Waals surface area contributed by atoms with Crippen molar-refractivity contribution in [3.05, 3.63) is 0 Å². The third kappa shape index (κ3) is 5.58. The van der Waals surface area contributed by atoms with E-state index in [1.807, 2.05) is 34.6 Å². The van der Waals surface area contributed by atoms with E-state index in [-0.39, 0.29) is 17.2 Å². The van der Waals surface area contributed by atoms with Gasteiger partial charge in [0.1, 0.15) is 0 Å². The molecule has 1 N–H and O–H groups in total. The zero-order chi connectivity index (χ0) is 10.6. The van der Waals surface area contributed by atoms with Gasteiger partial charge in [0.2, 0.25) is 5.91 Å². The lowest BCUT2D eigenvalue weighted by atomic mass is 9.96. The number of rotatable bonds is 1. The molecule has 0 aromatic rings. The van der Waals surface area contributed by atoms with E-state index in [4.69, 9.17) is 17.0 Å². The van der Waals surface area contributed by atoms with Crippen molar-refractivity contribution in [3.8, 4) is 0 Å². The molecule has 3 nitrogen and oxygen atoms in total. The smallest absolute Gasteiger partial charge is 0.263 e. The van der Waals surface area contributed by atoms with Crippen molar-refractivity contribution in [2.45, 2.75) is 40.7 Å². The first-order valence-electron chi connectivity index (χ1n) is 4.25. The van der Waals surface area contributed by atoms with Gasteiger partial charge in [0.25, 0.3) is 5.17 Å². The molecular weight excluding hydrogens is 186 g/mol. The lowest BCUT2D eigenvalue weighted by molar-refractivity contribution is -0.127. The highest BCUT2D eigenvalue weighted by molar-refractivity contribution is 7.80. The Bertz CT molecular complexity index is 206. The van der Waals surface area contributed by atoms with Gasteiger partial charge < -0.3 is 4.74 Å². The zero-order valence-corrected chi connectivity index (χ0v) is 9.62. The van der Waals surface area contributed by atoms with Crippen LogP contribution in [0.2, 0.25) is 0 Å². The standard InChI is InChI=1S/C9H17NO2S/c1-6(2)12-8(13)10-7(11)9(3,4)5/h6H,1-5H3,(H,10,11,13). The quantitative estimate of drug-likeness (QED) is 0.661. The fraction of sp³-hybridized carbons (Fsp3) is 0.778. The maximum absolute atomic E-state index is 11.4. The van der Waals surface area contributed by atoms with Crippen LogP contribution in [0.4, 0.5) is 0 Å². The third-order valence-corrected chi connectivity index (χ3v) is 1.44. The Hall–Kier alpha value is -0.640. The van der Waals surface area contributed by atoms with Gasteiger partial charge in [0, 0.05) is 5.41 Å². The van der Waals surface area contributed by atoms with Crippen LogP contribution in [0.25, 0.3) is 0 Å². The minimum atomic E-state index is -0.440. The summed E-state index contributed by atoms with van der Waals surface area (Å²) in [7, 11) is 0. The number of ether oxygens (including phenoxy) is 1. The van der Waals surface area contributed by atoms with Gasteiger partial charge >= 0.3 is 0 Å². The second kappa shape index (κ2) is 4.56. The molecule has 0 saturated heterocycles. The summed E-state index contributed by atoms with van der Waals surface area (Å²) in [5.74, 6) is -0.127. The van der Waals surface area contributed by atoms with Crippen LogP contribution in [-0.4, -0.2) is 17.2 Å². The van der Waals surface area contributed by atoms with Crippen molar-refractivity contribution in [1.82, 2.24) is 5.32 Å². The van der Waals surface area contributed by atoms with Crippen LogP contribution >= 0.6 is 12.2 Å². The molecule has 0 aliphatic heterocycles. The number of carbonyl (C=O) groups excluding carboxylic acids is 1. The summed E-state index contributed by atoms with van der Waals surface area (Å²) in [4.78, 5) is 11.4. The molecule has 0 atom stereocenters. The van der Waals surface area contributed by atoms with Gasteiger partial charge in [-0.3, -0.25) is 10.1 Å². The first kappa shape index (κ1) is 12.4. The van der Waals surface area contributed by atoms with E-state index in [0.29, 0.717) is 0 Å². The van der Waals surface area contributed by atoms with Gasteiger partial charge in [-0.2, -0.15) is 0 Å². The van der Waals surface area contributed by atoms with E-state index in [9.17, 15) is 4.79 Å². The molecule has 76 valence electrons. The number of carbonyl (C=O) groups is 1. The molecule has 0 aliphatic rings. The predicted molar refractivity (Wildman–Crippen MR) is 56.4 cm³/mol. The summed E-state index contributed by atoms with van der Waals surface area (Å²) in [5.41, 5.74) is -0.440. The molecule has 1 amide bonds. The Morgan fingerprint density at radius 1 is 1.38 bits per heavy atom. The Morgan fingerprint density at radius 3 is 2.15 bits per heavy atom. The van der Waals surface area contributed by atoms with Crippen LogP contribution in [0, 0.1) is 5.41 Å². The molecular formula is C9H17NO2S. The van der Waals surface area contributed by atoms with Gasteiger partial charge in [0.05, 0.1) is 6.10 Å². The number of thiocarbonyl (C=S) groups is 1. The van der Waals surface area contributed by atoms with Gasteiger partial charge in [0.15, 0.2) is 0 Å². The van der Waals surface area contributed by atoms with Gasteiger partial charge in [-0.05, 0) is 26.1 Å². The largest absolute Gasteiger partial charge is 0.468 e. The highest BCUT2D eigenvalue weighted by Crippen LogP contribution is 2.12. The Morgan fingerprint density at radius 2 is 1.85 bits per heavy atom. The normalized spacial score (nSPS) is 11.2. The van der Waals surface area contributed by atoms with Crippen LogP contribution in [-0.2, 0) is 9.53 Å². The molecule has 4 heteroatoms. The minimum absolute atomic E-state index is 0.00670.